The van der Waals surface area contributed by atoms with Gasteiger partial charge in [-0.2, -0.15) is 0 Å². The number of benzene rings is 2. The summed E-state index contributed by atoms with van der Waals surface area (Å²) in [4.78, 5) is 16.1. The van der Waals surface area contributed by atoms with Gasteiger partial charge in [-0.3, -0.25) is 9.69 Å². The molecule has 0 bridgehead atoms. The van der Waals surface area contributed by atoms with Gasteiger partial charge in [0.05, 0.1) is 6.04 Å². The topological polar surface area (TPSA) is 41.6 Å². The van der Waals surface area contributed by atoms with Crippen LogP contribution >= 0.6 is 0 Å². The fourth-order valence-electron chi connectivity index (χ4n) is 5.03. The second-order valence-electron chi connectivity index (χ2n) is 12.1. The van der Waals surface area contributed by atoms with Crippen molar-refractivity contribution in [2.24, 2.45) is 11.8 Å². The first-order valence-corrected chi connectivity index (χ1v) is 14.0. The third-order valence-corrected chi connectivity index (χ3v) is 7.05. The van der Waals surface area contributed by atoms with Gasteiger partial charge < -0.3 is 10.1 Å². The molecule has 0 aliphatic heterocycles. The van der Waals surface area contributed by atoms with Crippen LogP contribution in [-0.4, -0.2) is 35.5 Å². The Hall–Kier alpha value is -2.33. The highest BCUT2D eigenvalue weighted by atomic mass is 16.5. The van der Waals surface area contributed by atoms with Crippen molar-refractivity contribution < 1.29 is 9.53 Å². The molecule has 2 aromatic carbocycles. The van der Waals surface area contributed by atoms with Gasteiger partial charge in [-0.05, 0) is 88.1 Å². The summed E-state index contributed by atoms with van der Waals surface area (Å²) in [5.41, 5.74) is 2.08. The number of rotatable bonds is 12. The third kappa shape index (κ3) is 9.97. The van der Waals surface area contributed by atoms with E-state index in [2.05, 4.69) is 69.1 Å². The standard InChI is InChI=1S/C32H48N2O2/c1-25(2)20-21-34(23-27-12-8-6-9-13-27)30(31(35)33-32(3,4)5)22-26-16-18-29(19-17-26)36-24-28-14-10-7-11-15-28/h7,10-11,14-19,25,27,30H,6,8-9,12-13,20-24H2,1-5H3,(H,33,35)/t30-/m0/s1. The summed E-state index contributed by atoms with van der Waals surface area (Å²) in [6, 6.07) is 18.4. The lowest BCUT2D eigenvalue weighted by molar-refractivity contribution is -0.128. The van der Waals surface area contributed by atoms with Gasteiger partial charge in [0.15, 0.2) is 0 Å². The van der Waals surface area contributed by atoms with E-state index < -0.39 is 0 Å². The highest BCUT2D eigenvalue weighted by Crippen LogP contribution is 2.26. The van der Waals surface area contributed by atoms with Crippen LogP contribution in [-0.2, 0) is 17.8 Å². The van der Waals surface area contributed by atoms with Crippen molar-refractivity contribution in [3.63, 3.8) is 0 Å². The van der Waals surface area contributed by atoms with Gasteiger partial charge >= 0.3 is 0 Å². The van der Waals surface area contributed by atoms with Crippen LogP contribution in [0.15, 0.2) is 54.6 Å². The molecule has 1 fully saturated rings. The van der Waals surface area contributed by atoms with Crippen LogP contribution in [0.1, 0.15) is 84.3 Å². The van der Waals surface area contributed by atoms with E-state index in [1.165, 1.54) is 37.7 Å². The molecular formula is C32H48N2O2. The third-order valence-electron chi connectivity index (χ3n) is 7.05. The molecule has 1 aliphatic carbocycles. The highest BCUT2D eigenvalue weighted by Gasteiger charge is 2.30. The van der Waals surface area contributed by atoms with Gasteiger partial charge in [-0.1, -0.05) is 75.6 Å². The van der Waals surface area contributed by atoms with Gasteiger partial charge in [0.25, 0.3) is 0 Å². The maximum Gasteiger partial charge on any atom is 0.238 e. The van der Waals surface area contributed by atoms with Gasteiger partial charge in [0.2, 0.25) is 5.91 Å². The normalized spacial score (nSPS) is 15.8. The molecule has 0 radical (unpaired) electrons. The first-order valence-electron chi connectivity index (χ1n) is 14.0. The second-order valence-corrected chi connectivity index (χ2v) is 12.1. The minimum atomic E-state index is -0.251. The van der Waals surface area contributed by atoms with Crippen LogP contribution < -0.4 is 10.1 Å². The summed E-state index contributed by atoms with van der Waals surface area (Å²) in [5, 5.41) is 3.29. The van der Waals surface area contributed by atoms with Crippen molar-refractivity contribution in [2.75, 3.05) is 13.1 Å². The number of nitrogens with one attached hydrogen (secondary N) is 1. The zero-order chi connectivity index (χ0) is 26.0. The molecule has 0 aromatic heterocycles. The summed E-state index contributed by atoms with van der Waals surface area (Å²) >= 11 is 0. The van der Waals surface area contributed by atoms with Crippen LogP contribution in [0, 0.1) is 11.8 Å². The zero-order valence-corrected chi connectivity index (χ0v) is 23.3. The molecular weight excluding hydrogens is 444 g/mol. The van der Waals surface area contributed by atoms with E-state index in [0.717, 1.165) is 30.8 Å². The molecule has 2 aromatic rings. The highest BCUT2D eigenvalue weighted by molar-refractivity contribution is 5.82. The van der Waals surface area contributed by atoms with Gasteiger partial charge in [-0.15, -0.1) is 0 Å². The lowest BCUT2D eigenvalue weighted by Gasteiger charge is -2.37. The van der Waals surface area contributed by atoms with E-state index in [1.807, 2.05) is 30.3 Å². The van der Waals surface area contributed by atoms with Crippen molar-refractivity contribution >= 4 is 5.91 Å². The number of nitrogens with zero attached hydrogens (tertiary/aromatic N) is 1. The van der Waals surface area contributed by atoms with Crippen LogP contribution in [0.25, 0.3) is 0 Å². The van der Waals surface area contributed by atoms with Crippen LogP contribution in [0.2, 0.25) is 0 Å². The minimum Gasteiger partial charge on any atom is -0.489 e. The number of hydrogen-bond donors (Lipinski definition) is 1. The Labute approximate surface area is 219 Å². The average Bonchev–Trinajstić information content (AvgIpc) is 2.85. The maximum absolute atomic E-state index is 13.6. The van der Waals surface area contributed by atoms with E-state index in [-0.39, 0.29) is 17.5 Å². The molecule has 0 unspecified atom stereocenters. The Bertz CT molecular complexity index is 896. The van der Waals surface area contributed by atoms with Crippen LogP contribution in [0.3, 0.4) is 0 Å². The van der Waals surface area contributed by atoms with E-state index in [0.29, 0.717) is 24.9 Å². The van der Waals surface area contributed by atoms with Crippen molar-refractivity contribution in [3.8, 4) is 5.75 Å². The molecule has 1 saturated carbocycles. The predicted molar refractivity (Wildman–Crippen MR) is 150 cm³/mol. The number of hydrogen-bond acceptors (Lipinski definition) is 3. The van der Waals surface area contributed by atoms with E-state index in [9.17, 15) is 4.79 Å². The fourth-order valence-corrected chi connectivity index (χ4v) is 5.03. The van der Waals surface area contributed by atoms with Gasteiger partial charge in [-0.25, -0.2) is 0 Å². The maximum atomic E-state index is 13.6. The predicted octanol–water partition coefficient (Wildman–Crippen LogP) is 7.02. The monoisotopic (exact) mass is 492 g/mol. The fraction of sp³-hybridized carbons (Fsp3) is 0.594. The molecule has 1 N–H and O–H groups in total. The summed E-state index contributed by atoms with van der Waals surface area (Å²) in [6.45, 7) is 13.3. The quantitative estimate of drug-likeness (QED) is 0.346. The summed E-state index contributed by atoms with van der Waals surface area (Å²) in [7, 11) is 0. The molecule has 1 aliphatic rings. The van der Waals surface area contributed by atoms with Crippen LogP contribution in [0.5, 0.6) is 5.75 Å². The van der Waals surface area contributed by atoms with E-state index in [4.69, 9.17) is 4.74 Å². The Balaban J connectivity index is 1.74. The molecule has 1 atom stereocenters. The Morgan fingerprint density at radius 3 is 2.25 bits per heavy atom. The molecule has 0 heterocycles. The number of carbonyl (C=O) groups excluding carboxylic acids is 1. The summed E-state index contributed by atoms with van der Waals surface area (Å²) in [6.07, 6.45) is 8.41. The van der Waals surface area contributed by atoms with Crippen molar-refractivity contribution in [1.29, 1.82) is 0 Å². The molecule has 3 rings (SSSR count). The van der Waals surface area contributed by atoms with Crippen LogP contribution in [0.4, 0.5) is 0 Å². The molecule has 0 saturated heterocycles. The second kappa shape index (κ2) is 13.8. The first-order chi connectivity index (χ1) is 17.2. The summed E-state index contributed by atoms with van der Waals surface area (Å²) in [5.74, 6) is 2.32. The lowest BCUT2D eigenvalue weighted by atomic mass is 9.88. The SMILES string of the molecule is CC(C)CCN(CC1CCCCC1)[C@@H](Cc1ccc(OCc2ccccc2)cc1)C(=O)NC(C)(C)C. The molecule has 4 heteroatoms. The molecule has 0 spiro atoms. The minimum absolute atomic E-state index is 0.145. The average molecular weight is 493 g/mol. The van der Waals surface area contributed by atoms with Gasteiger partial charge in [0, 0.05) is 12.1 Å². The number of carbonyl (C=O) groups is 1. The molecule has 4 nitrogen and oxygen atoms in total. The number of amides is 1. The van der Waals surface area contributed by atoms with Crippen molar-refractivity contribution in [2.45, 2.75) is 97.8 Å². The first kappa shape index (κ1) is 28.2. The summed E-state index contributed by atoms with van der Waals surface area (Å²) < 4.78 is 5.99. The molecule has 198 valence electrons. The Morgan fingerprint density at radius 2 is 1.64 bits per heavy atom. The Morgan fingerprint density at radius 1 is 0.972 bits per heavy atom. The van der Waals surface area contributed by atoms with Crippen molar-refractivity contribution in [3.05, 3.63) is 65.7 Å². The van der Waals surface area contributed by atoms with E-state index >= 15 is 0 Å². The largest absolute Gasteiger partial charge is 0.489 e. The van der Waals surface area contributed by atoms with Gasteiger partial charge in [0.1, 0.15) is 12.4 Å². The molecule has 36 heavy (non-hydrogen) atoms. The molecule has 1 amide bonds. The number of ether oxygens (including phenoxy) is 1. The zero-order valence-electron chi connectivity index (χ0n) is 23.3. The Kier molecular flexibility index (Phi) is 10.9. The lowest BCUT2D eigenvalue weighted by Crippen LogP contribution is -2.54. The van der Waals surface area contributed by atoms with E-state index in [1.54, 1.807) is 0 Å². The smallest absolute Gasteiger partial charge is 0.238 e. The van der Waals surface area contributed by atoms with Crippen molar-refractivity contribution in [1.82, 2.24) is 10.2 Å².